The first-order valence-corrected chi connectivity index (χ1v) is 14.6. The summed E-state index contributed by atoms with van der Waals surface area (Å²) in [5.74, 6) is 0.368. The second kappa shape index (κ2) is 12.6. The highest BCUT2D eigenvalue weighted by molar-refractivity contribution is 6.32. The van der Waals surface area contributed by atoms with Crippen molar-refractivity contribution < 1.29 is 23.4 Å². The molecule has 3 heterocycles. The van der Waals surface area contributed by atoms with Crippen LogP contribution in [0.1, 0.15) is 12.8 Å². The van der Waals surface area contributed by atoms with Gasteiger partial charge < -0.3 is 29.4 Å². The summed E-state index contributed by atoms with van der Waals surface area (Å²) in [6.07, 6.45) is 6.23. The summed E-state index contributed by atoms with van der Waals surface area (Å²) in [6, 6.07) is 12.1. The molecule has 5 aromatic rings. The molecule has 0 radical (unpaired) electrons. The number of hydrogen-bond acceptors (Lipinski definition) is 9. The lowest BCUT2D eigenvalue weighted by atomic mass is 10.1. The first-order chi connectivity index (χ1) is 21.7. The number of likely N-dealkylation sites (tertiary alicyclic amines) is 1. The highest BCUT2D eigenvalue weighted by Crippen LogP contribution is 2.41. The highest BCUT2D eigenvalue weighted by Gasteiger charge is 2.22. The molecule has 0 saturated carbocycles. The summed E-state index contributed by atoms with van der Waals surface area (Å²) < 4.78 is 34.0. The van der Waals surface area contributed by atoms with E-state index in [0.29, 0.717) is 50.4 Å². The standard InChI is InChI=1S/C32H31ClFN7O4/c1-40-9-5-6-18(40)10-22(34)32(42)39-25-12-20-23(14-29(25)43-3)35-16-36-31(20)38-26-13-21(33)28(15-30(26)44-4)45-19-7-8-27-24(11-19)37-17-41(27)2/h7-8,10-18H,5-6,9H2,1-4H3,(H,39,42)(H,35,36,38)/b22-10+. The third-order valence-electron chi connectivity index (χ3n) is 7.77. The molecule has 1 amide bonds. The molecule has 232 valence electrons. The lowest BCUT2D eigenvalue weighted by Crippen LogP contribution is -2.24. The van der Waals surface area contributed by atoms with Crippen LogP contribution in [0.4, 0.5) is 21.6 Å². The summed E-state index contributed by atoms with van der Waals surface area (Å²) in [6.45, 7) is 0.859. The van der Waals surface area contributed by atoms with Gasteiger partial charge in [-0.1, -0.05) is 11.6 Å². The van der Waals surface area contributed by atoms with Gasteiger partial charge in [0.1, 0.15) is 35.1 Å². The van der Waals surface area contributed by atoms with Crippen LogP contribution < -0.4 is 24.8 Å². The Morgan fingerprint density at radius 2 is 1.80 bits per heavy atom. The molecule has 1 unspecified atom stereocenters. The zero-order valence-corrected chi connectivity index (χ0v) is 25.9. The Bertz CT molecular complexity index is 1950. The summed E-state index contributed by atoms with van der Waals surface area (Å²) in [7, 11) is 6.82. The number of nitrogens with zero attached hydrogens (tertiary/aromatic N) is 5. The molecule has 2 N–H and O–H groups in total. The van der Waals surface area contributed by atoms with Gasteiger partial charge in [-0.3, -0.25) is 9.69 Å². The lowest BCUT2D eigenvalue weighted by Gasteiger charge is -2.17. The van der Waals surface area contributed by atoms with E-state index >= 15 is 0 Å². The minimum atomic E-state index is -0.870. The van der Waals surface area contributed by atoms with Crippen molar-refractivity contribution in [1.29, 1.82) is 0 Å². The van der Waals surface area contributed by atoms with E-state index in [-0.39, 0.29) is 11.7 Å². The number of hydrogen-bond donors (Lipinski definition) is 2. The summed E-state index contributed by atoms with van der Waals surface area (Å²) >= 11 is 6.66. The van der Waals surface area contributed by atoms with Crippen molar-refractivity contribution in [3.8, 4) is 23.0 Å². The van der Waals surface area contributed by atoms with Crippen LogP contribution in [0.2, 0.25) is 5.02 Å². The predicted molar refractivity (Wildman–Crippen MR) is 172 cm³/mol. The van der Waals surface area contributed by atoms with E-state index in [1.807, 2.05) is 41.8 Å². The molecule has 0 bridgehead atoms. The second-order valence-corrected chi connectivity index (χ2v) is 11.1. The van der Waals surface area contributed by atoms with Crippen LogP contribution in [0.15, 0.2) is 67.0 Å². The van der Waals surface area contributed by atoms with Crippen LogP contribution in [0.3, 0.4) is 0 Å². The van der Waals surface area contributed by atoms with Crippen molar-refractivity contribution in [2.45, 2.75) is 18.9 Å². The number of carbonyl (C=O) groups is 1. The van der Waals surface area contributed by atoms with Crippen molar-refractivity contribution in [3.63, 3.8) is 0 Å². The first-order valence-electron chi connectivity index (χ1n) is 14.2. The molecule has 1 aliphatic rings. The summed E-state index contributed by atoms with van der Waals surface area (Å²) in [5.41, 5.74) is 3.06. The van der Waals surface area contributed by atoms with E-state index in [2.05, 4.69) is 25.6 Å². The van der Waals surface area contributed by atoms with E-state index in [9.17, 15) is 9.18 Å². The molecule has 0 spiro atoms. The van der Waals surface area contributed by atoms with Crippen molar-refractivity contribution in [2.75, 3.05) is 38.4 Å². The number of carbonyl (C=O) groups excluding carboxylic acids is 1. The number of benzene rings is 3. The highest BCUT2D eigenvalue weighted by atomic mass is 35.5. The Balaban J connectivity index is 1.28. The molecule has 1 saturated heterocycles. The third kappa shape index (κ3) is 6.19. The van der Waals surface area contributed by atoms with Crippen molar-refractivity contribution >= 4 is 56.6 Å². The van der Waals surface area contributed by atoms with E-state index < -0.39 is 11.7 Å². The molecule has 13 heteroatoms. The maximum Gasteiger partial charge on any atom is 0.284 e. The van der Waals surface area contributed by atoms with Gasteiger partial charge in [0.05, 0.1) is 53.5 Å². The number of fused-ring (bicyclic) bond motifs is 2. The third-order valence-corrected chi connectivity index (χ3v) is 8.06. The van der Waals surface area contributed by atoms with Gasteiger partial charge in [0.25, 0.3) is 5.91 Å². The number of aryl methyl sites for hydroxylation is 1. The van der Waals surface area contributed by atoms with E-state index in [0.717, 1.165) is 30.4 Å². The van der Waals surface area contributed by atoms with Crippen LogP contribution in [-0.2, 0) is 11.8 Å². The topological polar surface area (TPSA) is 116 Å². The van der Waals surface area contributed by atoms with Crippen LogP contribution in [0.5, 0.6) is 23.0 Å². The Morgan fingerprint density at radius 3 is 2.56 bits per heavy atom. The number of rotatable bonds is 9. The van der Waals surface area contributed by atoms with Gasteiger partial charge in [-0.25, -0.2) is 19.3 Å². The zero-order chi connectivity index (χ0) is 31.7. The number of ether oxygens (including phenoxy) is 3. The maximum atomic E-state index is 14.9. The number of likely N-dealkylation sites (N-methyl/N-ethyl adjacent to an activating group) is 1. The van der Waals surface area contributed by atoms with E-state index in [1.54, 1.807) is 30.6 Å². The number of imidazole rings is 1. The quantitative estimate of drug-likeness (QED) is 0.173. The van der Waals surface area contributed by atoms with Gasteiger partial charge in [-0.15, -0.1) is 0 Å². The van der Waals surface area contributed by atoms with Gasteiger partial charge in [0.15, 0.2) is 5.83 Å². The average Bonchev–Trinajstić information content (AvgIpc) is 3.62. The molecule has 1 fully saturated rings. The SMILES string of the molecule is COc1cc2ncnc(Nc3cc(Cl)c(Oc4ccc5c(c4)ncn5C)cc3OC)c2cc1NC(=O)/C(F)=C\C1CCCN1C. The van der Waals surface area contributed by atoms with Crippen LogP contribution in [-0.4, -0.2) is 64.2 Å². The van der Waals surface area contributed by atoms with Crippen LogP contribution >= 0.6 is 11.6 Å². The average molecular weight is 632 g/mol. The van der Waals surface area contributed by atoms with Gasteiger partial charge in [-0.2, -0.15) is 0 Å². The molecular weight excluding hydrogens is 601 g/mol. The number of amides is 1. The van der Waals surface area contributed by atoms with E-state index in [1.165, 1.54) is 26.6 Å². The Labute approximate surface area is 263 Å². The number of anilines is 3. The smallest absolute Gasteiger partial charge is 0.284 e. The van der Waals surface area contributed by atoms with Gasteiger partial charge in [0, 0.05) is 36.7 Å². The fourth-order valence-corrected chi connectivity index (χ4v) is 5.54. The molecule has 45 heavy (non-hydrogen) atoms. The molecular formula is C32H31ClFN7O4. The number of methoxy groups -OCH3 is 2. The normalized spacial score (nSPS) is 15.4. The van der Waals surface area contributed by atoms with Crippen LogP contribution in [0.25, 0.3) is 21.9 Å². The molecule has 11 nitrogen and oxygen atoms in total. The van der Waals surface area contributed by atoms with Gasteiger partial charge in [0.2, 0.25) is 0 Å². The van der Waals surface area contributed by atoms with Gasteiger partial charge in [-0.05, 0) is 56.8 Å². The molecule has 2 aromatic heterocycles. The Hall–Kier alpha value is -4.94. The lowest BCUT2D eigenvalue weighted by molar-refractivity contribution is -0.114. The van der Waals surface area contributed by atoms with Crippen LogP contribution in [0, 0.1) is 0 Å². The first kappa shape index (κ1) is 30.1. The van der Waals surface area contributed by atoms with Crippen molar-refractivity contribution in [2.24, 2.45) is 7.05 Å². The number of halogens is 2. The Kier molecular flexibility index (Phi) is 8.42. The molecule has 3 aromatic carbocycles. The molecule has 6 rings (SSSR count). The number of aromatic nitrogens is 4. The predicted octanol–water partition coefficient (Wildman–Crippen LogP) is 6.61. The minimum absolute atomic E-state index is 0.123. The zero-order valence-electron chi connectivity index (χ0n) is 25.1. The molecule has 1 atom stereocenters. The summed E-state index contributed by atoms with van der Waals surface area (Å²) in [5, 5.41) is 6.74. The largest absolute Gasteiger partial charge is 0.494 e. The Morgan fingerprint density at radius 1 is 1.00 bits per heavy atom. The minimum Gasteiger partial charge on any atom is -0.494 e. The maximum absolute atomic E-state index is 14.9. The fraction of sp³-hybridized carbons (Fsp3) is 0.250. The molecule has 1 aliphatic heterocycles. The van der Waals surface area contributed by atoms with Gasteiger partial charge >= 0.3 is 0 Å². The van der Waals surface area contributed by atoms with Crippen molar-refractivity contribution in [1.82, 2.24) is 24.4 Å². The second-order valence-electron chi connectivity index (χ2n) is 10.7. The molecule has 0 aliphatic carbocycles. The summed E-state index contributed by atoms with van der Waals surface area (Å²) in [4.78, 5) is 28.0. The number of nitrogens with one attached hydrogen (secondary N) is 2. The van der Waals surface area contributed by atoms with Crippen molar-refractivity contribution in [3.05, 3.63) is 72.0 Å². The monoisotopic (exact) mass is 631 g/mol. The fourth-order valence-electron chi connectivity index (χ4n) is 5.34. The van der Waals surface area contributed by atoms with E-state index in [4.69, 9.17) is 25.8 Å².